The van der Waals surface area contributed by atoms with Gasteiger partial charge in [0, 0.05) is 6.42 Å². The first-order valence-electron chi connectivity index (χ1n) is 17.0. The van der Waals surface area contributed by atoms with Crippen LogP contribution in [0.2, 0.25) is 0 Å². The highest BCUT2D eigenvalue weighted by atomic mass is 16.6. The first-order valence-corrected chi connectivity index (χ1v) is 17.0. The number of carbonyl (C=O) groups is 1. The molecule has 222 valence electrons. The fourth-order valence-electron chi connectivity index (χ4n) is 9.68. The van der Waals surface area contributed by atoms with Crippen LogP contribution in [0.4, 0.5) is 0 Å². The summed E-state index contributed by atoms with van der Waals surface area (Å²) in [5, 5.41) is 0. The molecule has 5 rings (SSSR count). The number of hydrogen-bond acceptors (Lipinski definition) is 3. The van der Waals surface area contributed by atoms with Crippen molar-refractivity contribution in [3.05, 3.63) is 42.0 Å². The molecule has 4 aliphatic rings. The maximum absolute atomic E-state index is 13.1. The summed E-state index contributed by atoms with van der Waals surface area (Å²) in [5.41, 5.74) is 2.43. The molecule has 0 unspecified atom stereocenters. The second kappa shape index (κ2) is 13.0. The predicted octanol–water partition coefficient (Wildman–Crippen LogP) is 10.1. The lowest BCUT2D eigenvalue weighted by Crippen LogP contribution is -2.50. The van der Waals surface area contributed by atoms with Gasteiger partial charge in [0.15, 0.2) is 6.10 Å². The summed E-state index contributed by atoms with van der Waals surface area (Å²) in [6.45, 7) is 9.55. The highest BCUT2D eigenvalue weighted by Crippen LogP contribution is 2.66. The van der Waals surface area contributed by atoms with E-state index in [1.165, 1.54) is 77.0 Å². The quantitative estimate of drug-likeness (QED) is 0.148. The number of esters is 1. The van der Waals surface area contributed by atoms with Gasteiger partial charge >= 0.3 is 5.97 Å². The van der Waals surface area contributed by atoms with Crippen LogP contribution in [-0.2, 0) is 9.53 Å². The maximum atomic E-state index is 13.1. The van der Waals surface area contributed by atoms with Crippen LogP contribution < -0.4 is 4.74 Å². The van der Waals surface area contributed by atoms with E-state index in [-0.39, 0.29) is 17.5 Å². The number of para-hydroxylation sites is 1. The van der Waals surface area contributed by atoms with E-state index >= 15 is 0 Å². The van der Waals surface area contributed by atoms with Gasteiger partial charge in [0.05, 0.1) is 0 Å². The lowest BCUT2D eigenvalue weighted by molar-refractivity contribution is -0.160. The molecule has 3 saturated carbocycles. The topological polar surface area (TPSA) is 35.5 Å². The van der Waals surface area contributed by atoms with Crippen LogP contribution in [0.15, 0.2) is 42.0 Å². The Balaban J connectivity index is 1.17. The first-order chi connectivity index (χ1) is 19.4. The van der Waals surface area contributed by atoms with Crippen LogP contribution >= 0.6 is 0 Å². The Hall–Kier alpha value is -1.77. The predicted molar refractivity (Wildman–Crippen MR) is 164 cm³/mol. The zero-order chi connectivity index (χ0) is 28.2. The van der Waals surface area contributed by atoms with E-state index in [1.807, 2.05) is 37.3 Å². The van der Waals surface area contributed by atoms with Crippen molar-refractivity contribution < 1.29 is 14.3 Å². The van der Waals surface area contributed by atoms with Gasteiger partial charge in [0.25, 0.3) is 0 Å². The fraction of sp³-hybridized carbons (Fsp3) is 0.757. The molecule has 0 spiro atoms. The van der Waals surface area contributed by atoms with Crippen molar-refractivity contribution in [1.82, 2.24) is 0 Å². The number of fused-ring (bicyclic) bond motifs is 5. The zero-order valence-electron chi connectivity index (χ0n) is 26.0. The van der Waals surface area contributed by atoms with Crippen LogP contribution in [0.5, 0.6) is 5.75 Å². The van der Waals surface area contributed by atoms with Crippen molar-refractivity contribution in [2.24, 2.45) is 34.5 Å². The van der Waals surface area contributed by atoms with Crippen LogP contribution in [0.1, 0.15) is 130 Å². The molecule has 3 fully saturated rings. The lowest BCUT2D eigenvalue weighted by Gasteiger charge is -2.58. The van der Waals surface area contributed by atoms with Gasteiger partial charge in [0.1, 0.15) is 11.9 Å². The summed E-state index contributed by atoms with van der Waals surface area (Å²) in [7, 11) is 0. The minimum Gasteiger partial charge on any atom is -0.479 e. The summed E-state index contributed by atoms with van der Waals surface area (Å²) >= 11 is 0. The van der Waals surface area contributed by atoms with E-state index in [2.05, 4.69) is 26.8 Å². The Kier molecular flexibility index (Phi) is 9.68. The van der Waals surface area contributed by atoms with E-state index < -0.39 is 6.10 Å². The Bertz CT molecular complexity index is 1000. The van der Waals surface area contributed by atoms with Gasteiger partial charge in [0.2, 0.25) is 0 Å². The second-order valence-corrected chi connectivity index (χ2v) is 14.3. The largest absolute Gasteiger partial charge is 0.479 e. The normalized spacial score (nSPS) is 35.6. The van der Waals surface area contributed by atoms with Gasteiger partial charge in [-0.3, -0.25) is 0 Å². The third-order valence-corrected chi connectivity index (χ3v) is 12.1. The Morgan fingerprint density at radius 2 is 1.70 bits per heavy atom. The summed E-state index contributed by atoms with van der Waals surface area (Å²) in [6, 6.07) is 9.64. The molecule has 0 radical (unpaired) electrons. The molecule has 3 heteroatoms. The van der Waals surface area contributed by atoms with E-state index in [9.17, 15) is 4.79 Å². The van der Waals surface area contributed by atoms with Crippen molar-refractivity contribution in [1.29, 1.82) is 0 Å². The van der Waals surface area contributed by atoms with Crippen molar-refractivity contribution >= 4 is 5.97 Å². The molecule has 0 amide bonds. The number of benzene rings is 1. The molecule has 40 heavy (non-hydrogen) atoms. The number of ether oxygens (including phenoxy) is 2. The van der Waals surface area contributed by atoms with Gasteiger partial charge < -0.3 is 9.47 Å². The minimum atomic E-state index is -0.539. The van der Waals surface area contributed by atoms with Crippen LogP contribution in [0.3, 0.4) is 0 Å². The van der Waals surface area contributed by atoms with E-state index in [1.54, 1.807) is 5.57 Å². The van der Waals surface area contributed by atoms with E-state index in [0.29, 0.717) is 11.8 Å². The molecule has 0 heterocycles. The first kappa shape index (κ1) is 29.7. The molecule has 0 bridgehead atoms. The Morgan fingerprint density at radius 1 is 0.925 bits per heavy atom. The third-order valence-electron chi connectivity index (χ3n) is 12.1. The Morgan fingerprint density at radius 3 is 2.48 bits per heavy atom. The fourth-order valence-corrected chi connectivity index (χ4v) is 9.68. The van der Waals surface area contributed by atoms with Gasteiger partial charge in [-0.25, -0.2) is 4.79 Å². The number of allylic oxidation sites excluding steroid dienone is 1. The highest BCUT2D eigenvalue weighted by Gasteiger charge is 2.58. The molecular formula is C37H56O3. The zero-order valence-corrected chi connectivity index (χ0v) is 26.0. The standard InChI is InChI=1S/C37H56O3/c1-5-7-8-9-10-12-15-27-19-21-32-31-20-18-28-26-30(22-24-37(28,4)33(31)23-25-36(27,32)3)40-35(38)34(6-2)39-29-16-13-11-14-17-29/h11,13-14,16-18,27,30-34H,5-10,12,15,19-26H2,1-4H3/t27-,30+,31-,32+,33+,34-,36-,37+/m1/s1. The molecular weight excluding hydrogens is 492 g/mol. The average molecular weight is 549 g/mol. The summed E-state index contributed by atoms with van der Waals surface area (Å²) in [4.78, 5) is 13.1. The van der Waals surface area contributed by atoms with Crippen LogP contribution in [-0.4, -0.2) is 18.2 Å². The number of unbranched alkanes of at least 4 members (excludes halogenated alkanes) is 5. The van der Waals surface area contributed by atoms with Gasteiger partial charge in [-0.1, -0.05) is 96.1 Å². The van der Waals surface area contributed by atoms with Crippen molar-refractivity contribution in [3.8, 4) is 5.75 Å². The molecule has 3 nitrogen and oxygen atoms in total. The van der Waals surface area contributed by atoms with E-state index in [4.69, 9.17) is 9.47 Å². The maximum Gasteiger partial charge on any atom is 0.347 e. The Labute approximate surface area is 244 Å². The molecule has 8 atom stereocenters. The number of rotatable bonds is 12. The smallest absolute Gasteiger partial charge is 0.347 e. The van der Waals surface area contributed by atoms with Crippen molar-refractivity contribution in [2.75, 3.05) is 0 Å². The van der Waals surface area contributed by atoms with Gasteiger partial charge in [-0.05, 0) is 104 Å². The highest BCUT2D eigenvalue weighted by molar-refractivity contribution is 5.75. The molecule has 0 N–H and O–H groups in total. The second-order valence-electron chi connectivity index (χ2n) is 14.3. The van der Waals surface area contributed by atoms with Crippen molar-refractivity contribution in [3.63, 3.8) is 0 Å². The average Bonchev–Trinajstić information content (AvgIpc) is 3.30. The lowest BCUT2D eigenvalue weighted by atomic mass is 9.47. The number of carbonyl (C=O) groups excluding carboxylic acids is 1. The van der Waals surface area contributed by atoms with Crippen LogP contribution in [0.25, 0.3) is 0 Å². The van der Waals surface area contributed by atoms with Gasteiger partial charge in [-0.15, -0.1) is 0 Å². The minimum absolute atomic E-state index is 0.0150. The van der Waals surface area contributed by atoms with E-state index in [0.717, 1.165) is 48.7 Å². The summed E-state index contributed by atoms with van der Waals surface area (Å²) in [6.07, 6.45) is 22.7. The SMILES string of the molecule is CCCCCCCC[C@@H]1CC[C@H]2[C@H]3CC=C4C[C@@H](OC(=O)[C@@H](CC)Oc5ccccc5)CC[C@]4(C)[C@H]3CC[C@]12C. The van der Waals surface area contributed by atoms with Gasteiger partial charge in [-0.2, -0.15) is 0 Å². The summed E-state index contributed by atoms with van der Waals surface area (Å²) in [5.74, 6) is 4.04. The third kappa shape index (κ3) is 6.05. The molecule has 1 aromatic carbocycles. The number of hydrogen-bond donors (Lipinski definition) is 0. The molecule has 4 aliphatic carbocycles. The molecule has 1 aromatic rings. The molecule has 0 saturated heterocycles. The monoisotopic (exact) mass is 548 g/mol. The molecule has 0 aromatic heterocycles. The van der Waals surface area contributed by atoms with Crippen molar-refractivity contribution in [2.45, 2.75) is 143 Å². The summed E-state index contributed by atoms with van der Waals surface area (Å²) < 4.78 is 12.1. The van der Waals surface area contributed by atoms with Crippen LogP contribution in [0, 0.1) is 34.5 Å². The molecule has 0 aliphatic heterocycles.